The Kier molecular flexibility index (Phi) is 3.15. The fourth-order valence-corrected chi connectivity index (χ4v) is 0.305. The molecule has 0 bridgehead atoms. The summed E-state index contributed by atoms with van der Waals surface area (Å²) < 4.78 is 21.1. The van der Waals surface area contributed by atoms with E-state index < -0.39 is 10.9 Å². The quantitative estimate of drug-likeness (QED) is 0.266. The SMILES string of the molecule is CC#CN[SH](=O)=O. The van der Waals surface area contributed by atoms with E-state index in [1.807, 2.05) is 4.72 Å². The van der Waals surface area contributed by atoms with Gasteiger partial charge in [-0.25, -0.2) is 13.1 Å². The van der Waals surface area contributed by atoms with E-state index in [-0.39, 0.29) is 0 Å². The highest BCUT2D eigenvalue weighted by molar-refractivity contribution is 7.70. The van der Waals surface area contributed by atoms with Gasteiger partial charge in [0.25, 0.3) is 0 Å². The first-order valence-corrected chi connectivity index (χ1v) is 2.77. The van der Waals surface area contributed by atoms with Gasteiger partial charge in [-0.05, 0) is 6.92 Å². The van der Waals surface area contributed by atoms with E-state index in [1.54, 1.807) is 6.92 Å². The van der Waals surface area contributed by atoms with Gasteiger partial charge in [-0.2, -0.15) is 0 Å². The van der Waals surface area contributed by atoms with Crippen LogP contribution in [0.25, 0.3) is 0 Å². The fraction of sp³-hybridized carbons (Fsp3) is 0.333. The monoisotopic (exact) mass is 119 g/mol. The third-order valence-corrected chi connectivity index (χ3v) is 0.567. The van der Waals surface area contributed by atoms with E-state index in [1.165, 1.54) is 0 Å². The second kappa shape index (κ2) is 3.50. The van der Waals surface area contributed by atoms with Gasteiger partial charge in [-0.3, -0.25) is 0 Å². The molecule has 40 valence electrons. The zero-order valence-electron chi connectivity index (χ0n) is 3.76. The predicted octanol–water partition coefficient (Wildman–Crippen LogP) is -0.917. The summed E-state index contributed by atoms with van der Waals surface area (Å²) in [5.41, 5.74) is 0. The van der Waals surface area contributed by atoms with E-state index >= 15 is 0 Å². The van der Waals surface area contributed by atoms with Crippen LogP contribution in [-0.2, 0) is 10.9 Å². The Bertz CT molecular complexity index is 154. The Balaban J connectivity index is 3.47. The summed E-state index contributed by atoms with van der Waals surface area (Å²) in [4.78, 5) is 0. The molecular weight excluding hydrogens is 114 g/mol. The molecule has 0 radical (unpaired) electrons. The normalized spacial score (nSPS) is 7.14. The zero-order chi connectivity index (χ0) is 5.70. The summed E-state index contributed by atoms with van der Waals surface area (Å²) in [6.07, 6.45) is 0. The van der Waals surface area contributed by atoms with E-state index in [4.69, 9.17) is 0 Å². The van der Waals surface area contributed by atoms with Gasteiger partial charge in [0.05, 0.1) is 0 Å². The maximum absolute atomic E-state index is 9.58. The van der Waals surface area contributed by atoms with Crippen LogP contribution in [0.2, 0.25) is 0 Å². The number of hydrogen-bond donors (Lipinski definition) is 2. The molecule has 0 aromatic rings. The van der Waals surface area contributed by atoms with E-state index in [9.17, 15) is 8.42 Å². The van der Waals surface area contributed by atoms with Gasteiger partial charge in [0.15, 0.2) is 0 Å². The van der Waals surface area contributed by atoms with Crippen molar-refractivity contribution in [2.75, 3.05) is 0 Å². The Labute approximate surface area is 43.8 Å². The highest BCUT2D eigenvalue weighted by Gasteiger charge is 1.65. The molecule has 0 aliphatic heterocycles. The van der Waals surface area contributed by atoms with Gasteiger partial charge in [0.1, 0.15) is 0 Å². The summed E-state index contributed by atoms with van der Waals surface area (Å²) in [5, 5.41) is 0. The van der Waals surface area contributed by atoms with Crippen LogP contribution in [0, 0.1) is 12.0 Å². The van der Waals surface area contributed by atoms with Crippen molar-refractivity contribution in [3.05, 3.63) is 0 Å². The lowest BCUT2D eigenvalue weighted by Crippen LogP contribution is -1.99. The topological polar surface area (TPSA) is 46.2 Å². The molecule has 0 unspecified atom stereocenters. The van der Waals surface area contributed by atoms with Crippen molar-refractivity contribution in [2.45, 2.75) is 6.92 Å². The maximum atomic E-state index is 9.58. The first-order valence-electron chi connectivity index (χ1n) is 1.59. The van der Waals surface area contributed by atoms with Crippen LogP contribution in [0.1, 0.15) is 6.92 Å². The highest BCUT2D eigenvalue weighted by Crippen LogP contribution is 1.45. The number of hydrogen-bond acceptors (Lipinski definition) is 2. The van der Waals surface area contributed by atoms with Gasteiger partial charge < -0.3 is 0 Å². The standard InChI is InChI=1S/C3H5NO2S/c1-2-3-4-7(5)6/h7H,1H3,(H,4,5,6). The Hall–Kier alpha value is -0.690. The van der Waals surface area contributed by atoms with Crippen LogP contribution in [0.15, 0.2) is 0 Å². The van der Waals surface area contributed by atoms with Crippen LogP contribution < -0.4 is 4.72 Å². The number of thiol groups is 1. The van der Waals surface area contributed by atoms with Crippen molar-refractivity contribution in [2.24, 2.45) is 0 Å². The number of nitrogens with one attached hydrogen (secondary N) is 1. The first-order chi connectivity index (χ1) is 3.27. The maximum Gasteiger partial charge on any atom is 0.229 e. The van der Waals surface area contributed by atoms with Crippen molar-refractivity contribution in [1.82, 2.24) is 4.72 Å². The average molecular weight is 119 g/mol. The fourth-order valence-electron chi connectivity index (χ4n) is 0.102. The van der Waals surface area contributed by atoms with Gasteiger partial charge in [-0.15, -0.1) is 0 Å². The predicted molar refractivity (Wildman–Crippen MR) is 26.9 cm³/mol. The Morgan fingerprint density at radius 3 is 2.29 bits per heavy atom. The molecule has 0 heterocycles. The number of rotatable bonds is 1. The van der Waals surface area contributed by atoms with E-state index in [0.717, 1.165) is 0 Å². The molecule has 0 rings (SSSR count). The third-order valence-electron chi connectivity index (χ3n) is 0.272. The second-order valence-corrected chi connectivity index (χ2v) is 1.48. The Morgan fingerprint density at radius 1 is 1.57 bits per heavy atom. The molecule has 1 N–H and O–H groups in total. The van der Waals surface area contributed by atoms with Gasteiger partial charge in [0, 0.05) is 6.04 Å². The lowest BCUT2D eigenvalue weighted by molar-refractivity contribution is 0.611. The molecule has 0 aliphatic rings. The summed E-state index contributed by atoms with van der Waals surface area (Å²) in [6.45, 7) is 1.55. The van der Waals surface area contributed by atoms with Crippen LogP contribution in [0.3, 0.4) is 0 Å². The minimum absolute atomic E-state index is 1.55. The molecule has 3 nitrogen and oxygen atoms in total. The van der Waals surface area contributed by atoms with Gasteiger partial charge in [-0.1, -0.05) is 5.92 Å². The Morgan fingerprint density at radius 2 is 2.14 bits per heavy atom. The van der Waals surface area contributed by atoms with Gasteiger partial charge in [0.2, 0.25) is 10.9 Å². The molecule has 0 aliphatic carbocycles. The van der Waals surface area contributed by atoms with E-state index in [2.05, 4.69) is 12.0 Å². The molecule has 0 aromatic heterocycles. The molecule has 0 spiro atoms. The van der Waals surface area contributed by atoms with Crippen molar-refractivity contribution in [3.63, 3.8) is 0 Å². The molecule has 0 saturated heterocycles. The summed E-state index contributed by atoms with van der Waals surface area (Å²) in [7, 11) is -2.53. The molecule has 0 aromatic carbocycles. The lowest BCUT2D eigenvalue weighted by Gasteiger charge is -1.72. The van der Waals surface area contributed by atoms with Crippen molar-refractivity contribution in [1.29, 1.82) is 0 Å². The minimum atomic E-state index is -2.53. The molecule has 0 saturated carbocycles. The lowest BCUT2D eigenvalue weighted by atomic mass is 10.8. The molecule has 4 heteroatoms. The largest absolute Gasteiger partial charge is 0.244 e. The van der Waals surface area contributed by atoms with Crippen molar-refractivity contribution < 1.29 is 8.42 Å². The average Bonchev–Trinajstić information content (AvgIpc) is 1.61. The molecule has 0 atom stereocenters. The zero-order valence-corrected chi connectivity index (χ0v) is 4.66. The molecule has 7 heavy (non-hydrogen) atoms. The minimum Gasteiger partial charge on any atom is -0.244 e. The summed E-state index contributed by atoms with van der Waals surface area (Å²) in [6, 6.07) is 2.15. The van der Waals surface area contributed by atoms with Crippen LogP contribution in [-0.4, -0.2) is 8.42 Å². The van der Waals surface area contributed by atoms with Crippen LogP contribution >= 0.6 is 0 Å². The molecule has 0 fully saturated rings. The second-order valence-electron chi connectivity index (χ2n) is 0.744. The highest BCUT2D eigenvalue weighted by atomic mass is 32.2. The van der Waals surface area contributed by atoms with Crippen LogP contribution in [0.4, 0.5) is 0 Å². The molecular formula is C3H5NO2S. The third kappa shape index (κ3) is 5.31. The van der Waals surface area contributed by atoms with Gasteiger partial charge >= 0.3 is 0 Å². The van der Waals surface area contributed by atoms with Crippen molar-refractivity contribution in [3.8, 4) is 12.0 Å². The van der Waals surface area contributed by atoms with Crippen LogP contribution in [0.5, 0.6) is 0 Å². The first kappa shape index (κ1) is 6.31. The smallest absolute Gasteiger partial charge is 0.229 e. The molecule has 0 amide bonds. The van der Waals surface area contributed by atoms with Crippen molar-refractivity contribution >= 4 is 10.9 Å². The summed E-state index contributed by atoms with van der Waals surface area (Å²) >= 11 is 0. The van der Waals surface area contributed by atoms with E-state index in [0.29, 0.717) is 0 Å². The summed E-state index contributed by atoms with van der Waals surface area (Å²) in [5.74, 6) is 2.35.